The highest BCUT2D eigenvalue weighted by atomic mass is 32.1. The summed E-state index contributed by atoms with van der Waals surface area (Å²) in [6.07, 6.45) is 6.80. The molecule has 110 valence electrons. The molecule has 2 aliphatic rings. The first-order chi connectivity index (χ1) is 9.61. The van der Waals surface area contributed by atoms with Gasteiger partial charge in [0.05, 0.1) is 12.3 Å². The summed E-state index contributed by atoms with van der Waals surface area (Å²) in [6.45, 7) is 4.57. The molecule has 1 atom stereocenters. The van der Waals surface area contributed by atoms with Crippen LogP contribution >= 0.6 is 11.3 Å². The molecule has 2 aliphatic carbocycles. The molecule has 1 aromatic rings. The topological polar surface area (TPSA) is 51.2 Å². The third-order valence-electron chi connectivity index (χ3n) is 4.40. The summed E-state index contributed by atoms with van der Waals surface area (Å²) in [5, 5.41) is 4.57. The molecular weight excluding hydrogens is 272 g/mol. The van der Waals surface area contributed by atoms with Gasteiger partial charge in [0.2, 0.25) is 0 Å². The molecule has 0 amide bonds. The van der Waals surface area contributed by atoms with Gasteiger partial charge in [0.1, 0.15) is 5.92 Å². The van der Waals surface area contributed by atoms with Crippen LogP contribution in [0.1, 0.15) is 62.4 Å². The van der Waals surface area contributed by atoms with E-state index in [2.05, 4.69) is 12.2 Å². The fourth-order valence-corrected chi connectivity index (χ4v) is 4.48. The Labute approximate surface area is 123 Å². The average Bonchev–Trinajstić information content (AvgIpc) is 3.05. The van der Waals surface area contributed by atoms with E-state index in [1.54, 1.807) is 11.3 Å². The smallest absolute Gasteiger partial charge is 0.315 e. The summed E-state index contributed by atoms with van der Waals surface area (Å²) in [7, 11) is 0. The van der Waals surface area contributed by atoms with Crippen molar-refractivity contribution in [2.45, 2.75) is 63.8 Å². The van der Waals surface area contributed by atoms with E-state index in [1.165, 1.54) is 30.6 Å². The lowest BCUT2D eigenvalue weighted by atomic mass is 10.0. The molecule has 1 N–H and O–H groups in total. The number of fused-ring (bicyclic) bond motifs is 1. The van der Waals surface area contributed by atoms with Crippen molar-refractivity contribution in [3.05, 3.63) is 10.6 Å². The number of carbonyl (C=O) groups is 1. The maximum absolute atomic E-state index is 11.9. The Morgan fingerprint density at radius 1 is 1.50 bits per heavy atom. The second-order valence-electron chi connectivity index (χ2n) is 6.06. The number of nitrogens with one attached hydrogen (secondary N) is 1. The van der Waals surface area contributed by atoms with Gasteiger partial charge in [0.15, 0.2) is 5.13 Å². The van der Waals surface area contributed by atoms with E-state index in [4.69, 9.17) is 9.72 Å². The molecule has 0 bridgehead atoms. The molecule has 0 saturated heterocycles. The van der Waals surface area contributed by atoms with Gasteiger partial charge in [0, 0.05) is 10.4 Å². The van der Waals surface area contributed by atoms with Crippen LogP contribution in [0.15, 0.2) is 0 Å². The van der Waals surface area contributed by atoms with Gasteiger partial charge in [-0.15, -0.1) is 11.3 Å². The van der Waals surface area contributed by atoms with Crippen LogP contribution in [0.4, 0.5) is 5.13 Å². The predicted octanol–water partition coefficient (Wildman–Crippen LogP) is 3.48. The minimum atomic E-state index is -0.145. The first kappa shape index (κ1) is 13.9. The molecule has 0 aromatic carbocycles. The molecule has 0 aliphatic heterocycles. The first-order valence-electron chi connectivity index (χ1n) is 7.56. The third kappa shape index (κ3) is 2.55. The van der Waals surface area contributed by atoms with Crippen molar-refractivity contribution >= 4 is 22.4 Å². The molecule has 3 rings (SSSR count). The number of aryl methyl sites for hydroxylation is 1. The largest absolute Gasteiger partial charge is 0.465 e. The lowest BCUT2D eigenvalue weighted by Crippen LogP contribution is -2.30. The summed E-state index contributed by atoms with van der Waals surface area (Å²) in [5.74, 6) is -0.261. The van der Waals surface area contributed by atoms with Crippen molar-refractivity contribution < 1.29 is 9.53 Å². The number of nitrogens with zero attached hydrogens (tertiary/aromatic N) is 1. The predicted molar refractivity (Wildman–Crippen MR) is 80.3 cm³/mol. The highest BCUT2D eigenvalue weighted by Gasteiger charge is 2.35. The number of thiazole rings is 1. The number of esters is 1. The molecule has 0 spiro atoms. The van der Waals surface area contributed by atoms with Crippen LogP contribution in [0.2, 0.25) is 0 Å². The molecule has 1 saturated carbocycles. The number of carbonyl (C=O) groups excluding carboxylic acids is 1. The number of anilines is 1. The van der Waals surface area contributed by atoms with Gasteiger partial charge in [0.25, 0.3) is 0 Å². The highest BCUT2D eigenvalue weighted by Crippen LogP contribution is 2.41. The van der Waals surface area contributed by atoms with Gasteiger partial charge >= 0.3 is 5.97 Å². The van der Waals surface area contributed by atoms with E-state index < -0.39 is 0 Å². The highest BCUT2D eigenvalue weighted by molar-refractivity contribution is 7.15. The molecule has 1 aromatic heterocycles. The summed E-state index contributed by atoms with van der Waals surface area (Å²) in [4.78, 5) is 17.9. The number of rotatable bonds is 4. The van der Waals surface area contributed by atoms with Crippen molar-refractivity contribution in [2.75, 3.05) is 11.9 Å². The van der Waals surface area contributed by atoms with Crippen molar-refractivity contribution in [1.82, 2.24) is 4.98 Å². The van der Waals surface area contributed by atoms with Crippen LogP contribution in [-0.2, 0) is 16.0 Å². The molecule has 4 nitrogen and oxygen atoms in total. The third-order valence-corrected chi connectivity index (χ3v) is 5.45. The maximum Gasteiger partial charge on any atom is 0.315 e. The van der Waals surface area contributed by atoms with Crippen molar-refractivity contribution in [3.63, 3.8) is 0 Å². The first-order valence-corrected chi connectivity index (χ1v) is 8.37. The summed E-state index contributed by atoms with van der Waals surface area (Å²) in [6, 6.07) is 0. The quantitative estimate of drug-likeness (QED) is 0.864. The lowest BCUT2D eigenvalue weighted by molar-refractivity contribution is -0.145. The molecule has 1 fully saturated rings. The standard InChI is InChI=1S/C15H22N2O2S/c1-3-19-13(18)10-6-7-11-12(10)16-14(20-11)17-15(2)8-4-5-9-15/h10H,3-9H2,1-2H3,(H,16,17). The van der Waals surface area contributed by atoms with Crippen LogP contribution in [0.25, 0.3) is 0 Å². The monoisotopic (exact) mass is 294 g/mol. The van der Waals surface area contributed by atoms with E-state index in [1.807, 2.05) is 6.92 Å². The van der Waals surface area contributed by atoms with Crippen LogP contribution in [-0.4, -0.2) is 23.1 Å². The van der Waals surface area contributed by atoms with E-state index in [0.29, 0.717) is 6.61 Å². The molecule has 5 heteroatoms. The Bertz CT molecular complexity index is 506. The maximum atomic E-state index is 11.9. The zero-order chi connectivity index (χ0) is 14.2. The van der Waals surface area contributed by atoms with Crippen LogP contribution in [0.5, 0.6) is 0 Å². The molecule has 20 heavy (non-hydrogen) atoms. The van der Waals surface area contributed by atoms with Gasteiger partial charge < -0.3 is 10.1 Å². The summed E-state index contributed by atoms with van der Waals surface area (Å²) in [5.41, 5.74) is 1.14. The Balaban J connectivity index is 1.74. The summed E-state index contributed by atoms with van der Waals surface area (Å²) < 4.78 is 5.15. The minimum absolute atomic E-state index is 0.116. The van der Waals surface area contributed by atoms with Gasteiger partial charge in [-0.25, -0.2) is 4.98 Å². The van der Waals surface area contributed by atoms with Gasteiger partial charge in [-0.3, -0.25) is 4.79 Å². The number of ether oxygens (including phenoxy) is 1. The van der Waals surface area contributed by atoms with Crippen LogP contribution in [0.3, 0.4) is 0 Å². The van der Waals surface area contributed by atoms with Gasteiger partial charge in [-0.1, -0.05) is 12.8 Å². The normalized spacial score (nSPS) is 23.6. The number of hydrogen-bond donors (Lipinski definition) is 1. The van der Waals surface area contributed by atoms with Crippen molar-refractivity contribution in [1.29, 1.82) is 0 Å². The van der Waals surface area contributed by atoms with Crippen molar-refractivity contribution in [2.24, 2.45) is 0 Å². The zero-order valence-electron chi connectivity index (χ0n) is 12.2. The van der Waals surface area contributed by atoms with E-state index in [9.17, 15) is 4.79 Å². The van der Waals surface area contributed by atoms with Crippen LogP contribution < -0.4 is 5.32 Å². The van der Waals surface area contributed by atoms with E-state index >= 15 is 0 Å². The zero-order valence-corrected chi connectivity index (χ0v) is 13.0. The molecule has 1 unspecified atom stereocenters. The second-order valence-corrected chi connectivity index (χ2v) is 7.15. The van der Waals surface area contributed by atoms with Crippen LogP contribution in [0, 0.1) is 0 Å². The SMILES string of the molecule is CCOC(=O)C1CCc2sc(NC3(C)CCCC3)nc21. The van der Waals surface area contributed by atoms with Crippen molar-refractivity contribution in [3.8, 4) is 0 Å². The Morgan fingerprint density at radius 2 is 2.25 bits per heavy atom. The fourth-order valence-electron chi connectivity index (χ4n) is 3.29. The Hall–Kier alpha value is -1.10. The molecule has 0 radical (unpaired) electrons. The second kappa shape index (κ2) is 5.35. The van der Waals surface area contributed by atoms with E-state index in [0.717, 1.165) is 23.7 Å². The van der Waals surface area contributed by atoms with Gasteiger partial charge in [-0.05, 0) is 39.5 Å². The summed E-state index contributed by atoms with van der Waals surface area (Å²) >= 11 is 1.72. The fraction of sp³-hybridized carbons (Fsp3) is 0.733. The number of aromatic nitrogens is 1. The molecular formula is C15H22N2O2S. The average molecular weight is 294 g/mol. The molecule has 1 heterocycles. The van der Waals surface area contributed by atoms with E-state index in [-0.39, 0.29) is 17.4 Å². The number of hydrogen-bond acceptors (Lipinski definition) is 5. The van der Waals surface area contributed by atoms with Gasteiger partial charge in [-0.2, -0.15) is 0 Å². The lowest BCUT2D eigenvalue weighted by Gasteiger charge is -2.24. The Kier molecular flexibility index (Phi) is 3.71. The minimum Gasteiger partial charge on any atom is -0.465 e. The Morgan fingerprint density at radius 3 is 2.95 bits per heavy atom.